The Labute approximate surface area is 182 Å². The quantitative estimate of drug-likeness (QED) is 0.275. The topological polar surface area (TPSA) is 0 Å². The van der Waals surface area contributed by atoms with Gasteiger partial charge in [0, 0.05) is 0 Å². The molecule has 0 radical (unpaired) electrons. The molecule has 0 N–H and O–H groups in total. The molecule has 6 rings (SSSR count). The first kappa shape index (κ1) is 17.9. The Morgan fingerprint density at radius 2 is 0.839 bits per heavy atom. The van der Waals surface area contributed by atoms with E-state index in [1.54, 1.807) is 0 Å². The fourth-order valence-corrected chi connectivity index (χ4v) is 4.85. The van der Waals surface area contributed by atoms with Gasteiger partial charge in [-0.15, -0.1) is 0 Å². The van der Waals surface area contributed by atoms with Crippen LogP contribution in [0.3, 0.4) is 0 Å². The Bertz CT molecular complexity index is 1580. The van der Waals surface area contributed by atoms with Crippen molar-refractivity contribution in [3.8, 4) is 22.3 Å². The van der Waals surface area contributed by atoms with E-state index in [1.165, 1.54) is 60.1 Å². The van der Waals surface area contributed by atoms with Crippen molar-refractivity contribution in [3.63, 3.8) is 0 Å². The van der Waals surface area contributed by atoms with Crippen molar-refractivity contribution >= 4 is 32.3 Å². The Kier molecular flexibility index (Phi) is 4.11. The number of hydrogen-bond donors (Lipinski definition) is 0. The Morgan fingerprint density at radius 3 is 1.52 bits per heavy atom. The summed E-state index contributed by atoms with van der Waals surface area (Å²) in [7, 11) is 0. The number of fused-ring (bicyclic) bond motifs is 3. The van der Waals surface area contributed by atoms with Gasteiger partial charge in [0.15, 0.2) is 0 Å². The third-order valence-corrected chi connectivity index (χ3v) is 6.33. The predicted molar refractivity (Wildman–Crippen MR) is 135 cm³/mol. The van der Waals surface area contributed by atoms with E-state index in [4.69, 9.17) is 0 Å². The monoisotopic (exact) mass is 394 g/mol. The molecule has 0 unspecified atom stereocenters. The smallest absolute Gasteiger partial charge is 0.00987 e. The van der Waals surface area contributed by atoms with Gasteiger partial charge in [-0.3, -0.25) is 0 Å². The zero-order valence-electron chi connectivity index (χ0n) is 17.5. The van der Waals surface area contributed by atoms with E-state index < -0.39 is 0 Å². The Balaban J connectivity index is 1.67. The summed E-state index contributed by atoms with van der Waals surface area (Å²) in [6.07, 6.45) is 0. The fraction of sp³-hybridized carbons (Fsp3) is 0.0323. The lowest BCUT2D eigenvalue weighted by molar-refractivity contribution is 1.50. The van der Waals surface area contributed by atoms with Gasteiger partial charge < -0.3 is 0 Å². The standard InChI is InChI=1S/C31H22/c1-21-16-17-23-10-7-15-28(31(23)20-21)30-19-18-29(26-12-4-5-13-27(26)30)25-14-6-9-22-8-2-3-11-24(22)25/h2-20H,1H3. The highest BCUT2D eigenvalue weighted by atomic mass is 14.2. The van der Waals surface area contributed by atoms with E-state index in [0.717, 1.165) is 0 Å². The first-order chi connectivity index (χ1) is 15.3. The molecule has 0 bridgehead atoms. The SMILES string of the molecule is Cc1ccc2cccc(-c3ccc(-c4cccc5ccccc45)c4ccccc34)c2c1. The molecule has 0 spiro atoms. The predicted octanol–water partition coefficient (Wildman–Crippen LogP) is 8.79. The zero-order valence-corrected chi connectivity index (χ0v) is 17.5. The number of hydrogen-bond acceptors (Lipinski definition) is 0. The molecule has 0 aliphatic heterocycles. The molecule has 0 aromatic heterocycles. The van der Waals surface area contributed by atoms with Crippen LogP contribution in [0.15, 0.2) is 115 Å². The minimum absolute atomic E-state index is 1.28. The second kappa shape index (κ2) is 7.11. The van der Waals surface area contributed by atoms with Crippen LogP contribution in [0.1, 0.15) is 5.56 Å². The summed E-state index contributed by atoms with van der Waals surface area (Å²) in [6.45, 7) is 2.16. The van der Waals surface area contributed by atoms with Gasteiger partial charge in [-0.05, 0) is 61.5 Å². The van der Waals surface area contributed by atoms with Crippen LogP contribution in [0.2, 0.25) is 0 Å². The molecule has 0 heteroatoms. The molecular weight excluding hydrogens is 372 g/mol. The average molecular weight is 395 g/mol. The van der Waals surface area contributed by atoms with Crippen molar-refractivity contribution in [2.75, 3.05) is 0 Å². The van der Waals surface area contributed by atoms with E-state index in [-0.39, 0.29) is 0 Å². The first-order valence-electron chi connectivity index (χ1n) is 10.8. The van der Waals surface area contributed by atoms with Gasteiger partial charge in [0.05, 0.1) is 0 Å². The Morgan fingerprint density at radius 1 is 0.355 bits per heavy atom. The lowest BCUT2D eigenvalue weighted by atomic mass is 9.88. The largest absolute Gasteiger partial charge is 0.0616 e. The highest BCUT2D eigenvalue weighted by molar-refractivity contribution is 6.12. The van der Waals surface area contributed by atoms with Gasteiger partial charge in [-0.1, -0.05) is 121 Å². The van der Waals surface area contributed by atoms with Crippen molar-refractivity contribution < 1.29 is 0 Å². The summed E-state index contributed by atoms with van der Waals surface area (Å²) in [4.78, 5) is 0. The van der Waals surface area contributed by atoms with Crippen LogP contribution in [0.4, 0.5) is 0 Å². The maximum atomic E-state index is 2.30. The molecule has 0 heterocycles. The molecule has 31 heavy (non-hydrogen) atoms. The van der Waals surface area contributed by atoms with Crippen LogP contribution < -0.4 is 0 Å². The maximum Gasteiger partial charge on any atom is -0.00987 e. The third-order valence-electron chi connectivity index (χ3n) is 6.33. The molecule has 0 saturated heterocycles. The summed E-state index contributed by atoms with van der Waals surface area (Å²) in [5.41, 5.74) is 6.44. The normalized spacial score (nSPS) is 11.4. The maximum absolute atomic E-state index is 2.30. The van der Waals surface area contributed by atoms with Crippen molar-refractivity contribution in [2.24, 2.45) is 0 Å². The first-order valence-corrected chi connectivity index (χ1v) is 10.8. The molecule has 6 aromatic carbocycles. The van der Waals surface area contributed by atoms with Crippen molar-refractivity contribution in [2.45, 2.75) is 6.92 Å². The molecule has 0 nitrogen and oxygen atoms in total. The summed E-state index contributed by atoms with van der Waals surface area (Å²) < 4.78 is 0. The van der Waals surface area contributed by atoms with Crippen LogP contribution in [0.5, 0.6) is 0 Å². The second-order valence-corrected chi connectivity index (χ2v) is 8.26. The van der Waals surface area contributed by atoms with Crippen molar-refractivity contribution in [1.82, 2.24) is 0 Å². The summed E-state index contributed by atoms with van der Waals surface area (Å²) >= 11 is 0. The fourth-order valence-electron chi connectivity index (χ4n) is 4.85. The summed E-state index contributed by atoms with van der Waals surface area (Å²) in [5, 5.41) is 7.75. The second-order valence-electron chi connectivity index (χ2n) is 8.26. The lowest BCUT2D eigenvalue weighted by Crippen LogP contribution is -1.88. The van der Waals surface area contributed by atoms with Gasteiger partial charge in [-0.2, -0.15) is 0 Å². The summed E-state index contributed by atoms with van der Waals surface area (Å²) in [6, 6.07) is 42.0. The molecule has 6 aromatic rings. The number of rotatable bonds is 2. The molecule has 146 valence electrons. The molecular formula is C31H22. The highest BCUT2D eigenvalue weighted by Crippen LogP contribution is 2.40. The van der Waals surface area contributed by atoms with Crippen LogP contribution in [0, 0.1) is 6.92 Å². The van der Waals surface area contributed by atoms with Gasteiger partial charge in [0.2, 0.25) is 0 Å². The highest BCUT2D eigenvalue weighted by Gasteiger charge is 2.13. The van der Waals surface area contributed by atoms with E-state index in [2.05, 4.69) is 122 Å². The lowest BCUT2D eigenvalue weighted by Gasteiger charge is -2.15. The van der Waals surface area contributed by atoms with E-state index in [9.17, 15) is 0 Å². The molecule has 0 aliphatic rings. The number of benzene rings is 6. The third kappa shape index (κ3) is 2.92. The van der Waals surface area contributed by atoms with Crippen LogP contribution in [-0.4, -0.2) is 0 Å². The van der Waals surface area contributed by atoms with Gasteiger partial charge >= 0.3 is 0 Å². The molecule has 0 atom stereocenters. The van der Waals surface area contributed by atoms with Gasteiger partial charge in [0.25, 0.3) is 0 Å². The molecule has 0 amide bonds. The van der Waals surface area contributed by atoms with Crippen LogP contribution in [-0.2, 0) is 0 Å². The minimum atomic E-state index is 1.28. The average Bonchev–Trinajstić information content (AvgIpc) is 2.83. The zero-order chi connectivity index (χ0) is 20.8. The van der Waals surface area contributed by atoms with Crippen LogP contribution >= 0.6 is 0 Å². The van der Waals surface area contributed by atoms with E-state index in [0.29, 0.717) is 0 Å². The van der Waals surface area contributed by atoms with Crippen LogP contribution in [0.25, 0.3) is 54.6 Å². The molecule has 0 saturated carbocycles. The molecule has 0 fully saturated rings. The van der Waals surface area contributed by atoms with Crippen molar-refractivity contribution in [1.29, 1.82) is 0 Å². The van der Waals surface area contributed by atoms with E-state index >= 15 is 0 Å². The summed E-state index contributed by atoms with van der Waals surface area (Å²) in [5.74, 6) is 0. The van der Waals surface area contributed by atoms with Gasteiger partial charge in [-0.25, -0.2) is 0 Å². The van der Waals surface area contributed by atoms with Gasteiger partial charge in [0.1, 0.15) is 0 Å². The number of aryl methyl sites for hydroxylation is 1. The minimum Gasteiger partial charge on any atom is -0.0616 e. The van der Waals surface area contributed by atoms with E-state index in [1.807, 2.05) is 0 Å². The molecule has 0 aliphatic carbocycles. The Hall–Kier alpha value is -3.90. The van der Waals surface area contributed by atoms with Crippen molar-refractivity contribution in [3.05, 3.63) is 121 Å².